The smallest absolute Gasteiger partial charge is 0.123 e. The zero-order valence-electron chi connectivity index (χ0n) is 12.7. The molecule has 0 amide bonds. The summed E-state index contributed by atoms with van der Waals surface area (Å²) in [7, 11) is 0. The molecule has 2 nitrogen and oxygen atoms in total. The number of hydrogen-bond acceptors (Lipinski definition) is 2. The SMILES string of the molecule is N#Cc1ccc2c(c1)COC2(CCCCI)c1ccc(F)cc1. The standard InChI is InChI=1S/C19H17FINO/c20-17-6-4-16(5-7-17)19(9-1-2-10-21)18-8-3-14(12-22)11-15(18)13-23-19/h3-8,11H,1-2,9-10,13H2. The quantitative estimate of drug-likeness (QED) is 0.384. The van der Waals surface area contributed by atoms with Crippen molar-refractivity contribution in [1.82, 2.24) is 0 Å². The third-order valence-corrected chi connectivity index (χ3v) is 5.13. The maximum Gasteiger partial charge on any atom is 0.123 e. The number of nitriles is 1. The van der Waals surface area contributed by atoms with Gasteiger partial charge in [-0.15, -0.1) is 0 Å². The monoisotopic (exact) mass is 421 g/mol. The van der Waals surface area contributed by atoms with Crippen LogP contribution in [0.25, 0.3) is 0 Å². The lowest BCUT2D eigenvalue weighted by molar-refractivity contribution is -0.0130. The number of benzene rings is 2. The minimum absolute atomic E-state index is 0.241. The van der Waals surface area contributed by atoms with Crippen LogP contribution < -0.4 is 0 Å². The van der Waals surface area contributed by atoms with Gasteiger partial charge in [-0.3, -0.25) is 0 Å². The molecule has 2 aromatic rings. The Morgan fingerprint density at radius 2 is 1.96 bits per heavy atom. The first-order valence-electron chi connectivity index (χ1n) is 7.69. The van der Waals surface area contributed by atoms with E-state index in [1.807, 2.05) is 30.3 Å². The molecule has 0 aliphatic carbocycles. The Kier molecular flexibility index (Phi) is 4.98. The van der Waals surface area contributed by atoms with Gasteiger partial charge in [0.25, 0.3) is 0 Å². The lowest BCUT2D eigenvalue weighted by Gasteiger charge is -2.30. The van der Waals surface area contributed by atoms with E-state index in [0.717, 1.165) is 40.4 Å². The van der Waals surface area contributed by atoms with Crippen molar-refractivity contribution in [3.8, 4) is 6.07 Å². The van der Waals surface area contributed by atoms with E-state index in [-0.39, 0.29) is 5.82 Å². The molecule has 1 aliphatic rings. The van der Waals surface area contributed by atoms with Gasteiger partial charge < -0.3 is 4.74 Å². The molecule has 0 saturated carbocycles. The fraction of sp³-hybridized carbons (Fsp3) is 0.316. The summed E-state index contributed by atoms with van der Waals surface area (Å²) in [6.07, 6.45) is 3.03. The highest BCUT2D eigenvalue weighted by atomic mass is 127. The number of alkyl halides is 1. The van der Waals surface area contributed by atoms with Crippen LogP contribution in [-0.2, 0) is 16.9 Å². The molecule has 0 bridgehead atoms. The van der Waals surface area contributed by atoms with Crippen LogP contribution in [0.3, 0.4) is 0 Å². The topological polar surface area (TPSA) is 33.0 Å². The fourth-order valence-corrected chi connectivity index (χ4v) is 3.77. The van der Waals surface area contributed by atoms with Crippen molar-refractivity contribution in [2.75, 3.05) is 4.43 Å². The van der Waals surface area contributed by atoms with Gasteiger partial charge in [0.15, 0.2) is 0 Å². The minimum atomic E-state index is -0.525. The summed E-state index contributed by atoms with van der Waals surface area (Å²) in [6.45, 7) is 0.493. The van der Waals surface area contributed by atoms with E-state index in [1.165, 1.54) is 12.1 Å². The highest BCUT2D eigenvalue weighted by Crippen LogP contribution is 2.45. The molecule has 0 saturated heterocycles. The predicted molar refractivity (Wildman–Crippen MR) is 95.9 cm³/mol. The van der Waals surface area contributed by atoms with Crippen molar-refractivity contribution >= 4 is 22.6 Å². The van der Waals surface area contributed by atoms with Crippen LogP contribution in [0, 0.1) is 17.1 Å². The average molecular weight is 421 g/mol. The van der Waals surface area contributed by atoms with Crippen LogP contribution in [0.4, 0.5) is 4.39 Å². The highest BCUT2D eigenvalue weighted by Gasteiger charge is 2.41. The number of nitrogens with zero attached hydrogens (tertiary/aromatic N) is 1. The molecule has 1 atom stereocenters. The lowest BCUT2D eigenvalue weighted by Crippen LogP contribution is -2.27. The Hall–Kier alpha value is -1.45. The first-order valence-corrected chi connectivity index (χ1v) is 9.21. The lowest BCUT2D eigenvalue weighted by atomic mass is 9.81. The molecule has 2 aromatic carbocycles. The molecule has 0 spiro atoms. The van der Waals surface area contributed by atoms with Crippen LogP contribution in [0.5, 0.6) is 0 Å². The first-order chi connectivity index (χ1) is 11.2. The second-order valence-corrected chi connectivity index (χ2v) is 6.83. The summed E-state index contributed by atoms with van der Waals surface area (Å²) in [5, 5.41) is 9.09. The number of unbranched alkanes of at least 4 members (excludes halogenated alkanes) is 1. The molecule has 1 heterocycles. The van der Waals surface area contributed by atoms with Crippen LogP contribution in [-0.4, -0.2) is 4.43 Å². The molecule has 0 N–H and O–H groups in total. The Morgan fingerprint density at radius 1 is 1.17 bits per heavy atom. The van der Waals surface area contributed by atoms with Crippen LogP contribution in [0.2, 0.25) is 0 Å². The Bertz CT molecular complexity index is 738. The molecule has 23 heavy (non-hydrogen) atoms. The molecular formula is C19H17FINO. The van der Waals surface area contributed by atoms with E-state index in [1.54, 1.807) is 0 Å². The Labute approximate surface area is 149 Å². The van der Waals surface area contributed by atoms with E-state index in [2.05, 4.69) is 28.7 Å². The number of halogens is 2. The van der Waals surface area contributed by atoms with Gasteiger partial charge in [-0.05, 0) is 64.6 Å². The maximum absolute atomic E-state index is 13.3. The Morgan fingerprint density at radius 3 is 2.65 bits per heavy atom. The van der Waals surface area contributed by atoms with Crippen molar-refractivity contribution < 1.29 is 9.13 Å². The van der Waals surface area contributed by atoms with Crippen LogP contribution in [0.1, 0.15) is 41.5 Å². The van der Waals surface area contributed by atoms with Gasteiger partial charge in [0.1, 0.15) is 11.4 Å². The van der Waals surface area contributed by atoms with Crippen molar-refractivity contribution in [2.45, 2.75) is 31.5 Å². The predicted octanol–water partition coefficient (Wildman–Crippen LogP) is 5.08. The van der Waals surface area contributed by atoms with E-state index in [0.29, 0.717) is 12.2 Å². The molecular weight excluding hydrogens is 404 g/mol. The average Bonchev–Trinajstić information content (AvgIpc) is 2.95. The number of fused-ring (bicyclic) bond motifs is 1. The van der Waals surface area contributed by atoms with Crippen LogP contribution >= 0.6 is 22.6 Å². The van der Waals surface area contributed by atoms with E-state index < -0.39 is 5.60 Å². The van der Waals surface area contributed by atoms with E-state index >= 15 is 0 Å². The summed E-state index contributed by atoms with van der Waals surface area (Å²) < 4.78 is 20.7. The van der Waals surface area contributed by atoms with E-state index in [9.17, 15) is 4.39 Å². The van der Waals surface area contributed by atoms with Gasteiger partial charge in [0.2, 0.25) is 0 Å². The molecule has 4 heteroatoms. The number of ether oxygens (including phenoxy) is 1. The molecule has 0 aromatic heterocycles. The number of rotatable bonds is 5. The van der Waals surface area contributed by atoms with Gasteiger partial charge >= 0.3 is 0 Å². The van der Waals surface area contributed by atoms with Gasteiger partial charge in [-0.25, -0.2) is 4.39 Å². The van der Waals surface area contributed by atoms with Crippen molar-refractivity contribution in [2.24, 2.45) is 0 Å². The zero-order valence-corrected chi connectivity index (χ0v) is 14.8. The normalized spacial score (nSPS) is 19.3. The maximum atomic E-state index is 13.3. The second-order valence-electron chi connectivity index (χ2n) is 5.75. The van der Waals surface area contributed by atoms with Gasteiger partial charge in [0, 0.05) is 0 Å². The molecule has 0 radical (unpaired) electrons. The van der Waals surface area contributed by atoms with Crippen molar-refractivity contribution in [3.05, 3.63) is 70.5 Å². The summed E-state index contributed by atoms with van der Waals surface area (Å²) in [5.41, 5.74) is 3.27. The summed E-state index contributed by atoms with van der Waals surface area (Å²) in [4.78, 5) is 0. The van der Waals surface area contributed by atoms with Gasteiger partial charge in [-0.2, -0.15) is 5.26 Å². The third kappa shape index (κ3) is 3.13. The second kappa shape index (κ2) is 6.98. The molecule has 118 valence electrons. The number of hydrogen-bond donors (Lipinski definition) is 0. The van der Waals surface area contributed by atoms with Crippen LogP contribution in [0.15, 0.2) is 42.5 Å². The largest absolute Gasteiger partial charge is 0.361 e. The minimum Gasteiger partial charge on any atom is -0.361 e. The Balaban J connectivity index is 2.05. The zero-order chi connectivity index (χ0) is 16.3. The molecule has 1 unspecified atom stereocenters. The molecule has 1 aliphatic heterocycles. The van der Waals surface area contributed by atoms with Crippen molar-refractivity contribution in [3.63, 3.8) is 0 Å². The summed E-state index contributed by atoms with van der Waals surface area (Å²) >= 11 is 2.38. The van der Waals surface area contributed by atoms with Gasteiger partial charge in [0.05, 0.1) is 18.2 Å². The third-order valence-electron chi connectivity index (χ3n) is 4.37. The van der Waals surface area contributed by atoms with E-state index in [4.69, 9.17) is 10.00 Å². The highest BCUT2D eigenvalue weighted by molar-refractivity contribution is 14.1. The fourth-order valence-electron chi connectivity index (χ4n) is 3.23. The van der Waals surface area contributed by atoms with Gasteiger partial charge in [-0.1, -0.05) is 40.8 Å². The van der Waals surface area contributed by atoms with Crippen molar-refractivity contribution in [1.29, 1.82) is 5.26 Å². The first kappa shape index (κ1) is 16.4. The summed E-state index contributed by atoms with van der Waals surface area (Å²) in [5.74, 6) is -0.241. The molecule has 3 rings (SSSR count). The molecule has 0 fully saturated rings. The summed E-state index contributed by atoms with van der Waals surface area (Å²) in [6, 6.07) is 14.5.